The fourth-order valence-corrected chi connectivity index (χ4v) is 1.47. The Labute approximate surface area is 67.0 Å². The number of nitrogens with zero attached hydrogens (tertiary/aromatic N) is 1. The number of rotatable bonds is 2. The van der Waals surface area contributed by atoms with Crippen LogP contribution in [0.1, 0.15) is 20.3 Å². The van der Waals surface area contributed by atoms with Gasteiger partial charge in [0.2, 0.25) is 5.91 Å². The molecule has 0 aromatic rings. The normalized spacial score (nSPS) is 27.7. The molecule has 0 spiro atoms. The SMILES string of the molecule is CC1CC(=O)N(C[C@H](C)O)C1. The van der Waals surface area contributed by atoms with Gasteiger partial charge in [-0.25, -0.2) is 0 Å². The van der Waals surface area contributed by atoms with Crippen LogP contribution < -0.4 is 0 Å². The highest BCUT2D eigenvalue weighted by atomic mass is 16.3. The highest BCUT2D eigenvalue weighted by Gasteiger charge is 2.26. The van der Waals surface area contributed by atoms with Gasteiger partial charge in [0.15, 0.2) is 0 Å². The van der Waals surface area contributed by atoms with E-state index in [2.05, 4.69) is 6.92 Å². The molecule has 3 heteroatoms. The molecule has 0 saturated carbocycles. The fourth-order valence-electron chi connectivity index (χ4n) is 1.47. The van der Waals surface area contributed by atoms with Crippen LogP contribution in [0.3, 0.4) is 0 Å². The number of likely N-dealkylation sites (tertiary alicyclic amines) is 1. The predicted molar refractivity (Wildman–Crippen MR) is 42.0 cm³/mol. The lowest BCUT2D eigenvalue weighted by molar-refractivity contribution is -0.128. The van der Waals surface area contributed by atoms with E-state index in [1.807, 2.05) is 0 Å². The average molecular weight is 157 g/mol. The Hall–Kier alpha value is -0.570. The Balaban J connectivity index is 2.41. The van der Waals surface area contributed by atoms with Gasteiger partial charge in [0, 0.05) is 19.5 Å². The van der Waals surface area contributed by atoms with E-state index in [1.165, 1.54) is 0 Å². The molecule has 1 rings (SSSR count). The van der Waals surface area contributed by atoms with Crippen molar-refractivity contribution in [2.24, 2.45) is 5.92 Å². The molecule has 0 aliphatic carbocycles. The number of hydrogen-bond acceptors (Lipinski definition) is 2. The zero-order valence-electron chi connectivity index (χ0n) is 7.08. The van der Waals surface area contributed by atoms with Crippen LogP contribution in [0.4, 0.5) is 0 Å². The summed E-state index contributed by atoms with van der Waals surface area (Å²) in [6, 6.07) is 0. The van der Waals surface area contributed by atoms with Crippen LogP contribution in [-0.2, 0) is 4.79 Å². The Morgan fingerprint density at radius 3 is 2.82 bits per heavy atom. The summed E-state index contributed by atoms with van der Waals surface area (Å²) in [5.74, 6) is 0.639. The summed E-state index contributed by atoms with van der Waals surface area (Å²) in [4.78, 5) is 12.9. The lowest BCUT2D eigenvalue weighted by Crippen LogP contribution is -2.32. The maximum atomic E-state index is 11.1. The van der Waals surface area contributed by atoms with Crippen molar-refractivity contribution in [2.75, 3.05) is 13.1 Å². The van der Waals surface area contributed by atoms with Crippen LogP contribution in [0, 0.1) is 5.92 Å². The number of β-amino-alcohol motifs (C(OH)–C–C–N with tert-alkyl or cyclic N) is 1. The maximum absolute atomic E-state index is 11.1. The molecule has 64 valence electrons. The zero-order chi connectivity index (χ0) is 8.43. The molecular weight excluding hydrogens is 142 g/mol. The molecule has 2 atom stereocenters. The van der Waals surface area contributed by atoms with Gasteiger partial charge in [0.05, 0.1) is 6.10 Å². The first kappa shape index (κ1) is 8.53. The number of carbonyl (C=O) groups excluding carboxylic acids is 1. The Kier molecular flexibility index (Phi) is 2.49. The first-order valence-electron chi connectivity index (χ1n) is 4.05. The van der Waals surface area contributed by atoms with Gasteiger partial charge in [0.1, 0.15) is 0 Å². The lowest BCUT2D eigenvalue weighted by atomic mass is 10.2. The monoisotopic (exact) mass is 157 g/mol. The van der Waals surface area contributed by atoms with Gasteiger partial charge in [0.25, 0.3) is 0 Å². The standard InChI is InChI=1S/C8H15NO2/c1-6-3-8(11)9(4-6)5-7(2)10/h6-7,10H,3-5H2,1-2H3/t6?,7-/m0/s1. The Bertz CT molecular complexity index is 156. The summed E-state index contributed by atoms with van der Waals surface area (Å²) in [5.41, 5.74) is 0. The summed E-state index contributed by atoms with van der Waals surface area (Å²) in [5, 5.41) is 9.02. The van der Waals surface area contributed by atoms with Crippen molar-refractivity contribution in [3.05, 3.63) is 0 Å². The number of aliphatic hydroxyl groups is 1. The molecular formula is C8H15NO2. The largest absolute Gasteiger partial charge is 0.392 e. The Morgan fingerprint density at radius 2 is 2.45 bits per heavy atom. The molecule has 1 amide bonds. The number of hydrogen-bond donors (Lipinski definition) is 1. The van der Waals surface area contributed by atoms with Crippen LogP contribution >= 0.6 is 0 Å². The van der Waals surface area contributed by atoms with Gasteiger partial charge in [-0.2, -0.15) is 0 Å². The van der Waals surface area contributed by atoms with Crippen molar-refractivity contribution >= 4 is 5.91 Å². The average Bonchev–Trinajstić information content (AvgIpc) is 2.09. The number of aliphatic hydroxyl groups excluding tert-OH is 1. The first-order chi connectivity index (χ1) is 5.09. The van der Waals surface area contributed by atoms with Crippen LogP contribution in [0.5, 0.6) is 0 Å². The van der Waals surface area contributed by atoms with Gasteiger partial charge < -0.3 is 10.0 Å². The molecule has 1 aliphatic rings. The maximum Gasteiger partial charge on any atom is 0.223 e. The second-order valence-electron chi connectivity index (χ2n) is 3.46. The van der Waals surface area contributed by atoms with Crippen molar-refractivity contribution < 1.29 is 9.90 Å². The van der Waals surface area contributed by atoms with E-state index >= 15 is 0 Å². The fraction of sp³-hybridized carbons (Fsp3) is 0.875. The third kappa shape index (κ3) is 2.19. The van der Waals surface area contributed by atoms with Crippen molar-refractivity contribution in [1.29, 1.82) is 0 Å². The smallest absolute Gasteiger partial charge is 0.223 e. The predicted octanol–water partition coefficient (Wildman–Crippen LogP) is 0.236. The van der Waals surface area contributed by atoms with E-state index in [-0.39, 0.29) is 5.91 Å². The second kappa shape index (κ2) is 3.22. The number of carbonyl (C=O) groups is 1. The minimum atomic E-state index is -0.399. The highest BCUT2D eigenvalue weighted by Crippen LogP contribution is 2.16. The van der Waals surface area contributed by atoms with Gasteiger partial charge >= 0.3 is 0 Å². The minimum absolute atomic E-state index is 0.179. The third-order valence-electron chi connectivity index (χ3n) is 1.89. The van der Waals surface area contributed by atoms with E-state index in [0.717, 1.165) is 6.54 Å². The molecule has 0 bridgehead atoms. The van der Waals surface area contributed by atoms with E-state index in [0.29, 0.717) is 18.9 Å². The van der Waals surface area contributed by atoms with Gasteiger partial charge in [-0.05, 0) is 12.8 Å². The molecule has 1 heterocycles. The molecule has 1 unspecified atom stereocenters. The van der Waals surface area contributed by atoms with Gasteiger partial charge in [-0.1, -0.05) is 6.92 Å². The van der Waals surface area contributed by atoms with Gasteiger partial charge in [-0.15, -0.1) is 0 Å². The molecule has 1 fully saturated rings. The molecule has 0 aromatic heterocycles. The molecule has 1 saturated heterocycles. The molecule has 11 heavy (non-hydrogen) atoms. The van der Waals surface area contributed by atoms with Crippen molar-refractivity contribution in [1.82, 2.24) is 4.90 Å². The summed E-state index contributed by atoms with van der Waals surface area (Å²) >= 11 is 0. The Morgan fingerprint density at radius 1 is 1.82 bits per heavy atom. The van der Waals surface area contributed by atoms with Gasteiger partial charge in [-0.3, -0.25) is 4.79 Å². The minimum Gasteiger partial charge on any atom is -0.392 e. The summed E-state index contributed by atoms with van der Waals surface area (Å²) in [7, 11) is 0. The van der Waals surface area contributed by atoms with Crippen LogP contribution in [-0.4, -0.2) is 35.1 Å². The second-order valence-corrected chi connectivity index (χ2v) is 3.46. The molecule has 0 radical (unpaired) electrons. The summed E-state index contributed by atoms with van der Waals surface area (Å²) in [6.07, 6.45) is 0.247. The van der Waals surface area contributed by atoms with Crippen LogP contribution in [0.15, 0.2) is 0 Å². The van der Waals surface area contributed by atoms with Crippen molar-refractivity contribution in [3.63, 3.8) is 0 Å². The molecule has 0 aromatic carbocycles. The van der Waals surface area contributed by atoms with Crippen molar-refractivity contribution in [2.45, 2.75) is 26.4 Å². The summed E-state index contributed by atoms with van der Waals surface area (Å²) in [6.45, 7) is 5.06. The van der Waals surface area contributed by atoms with Crippen LogP contribution in [0.25, 0.3) is 0 Å². The molecule has 3 nitrogen and oxygen atoms in total. The first-order valence-corrected chi connectivity index (χ1v) is 4.05. The number of amides is 1. The van der Waals surface area contributed by atoms with E-state index in [4.69, 9.17) is 5.11 Å². The van der Waals surface area contributed by atoms with Crippen molar-refractivity contribution in [3.8, 4) is 0 Å². The zero-order valence-corrected chi connectivity index (χ0v) is 7.08. The van der Waals surface area contributed by atoms with E-state index in [1.54, 1.807) is 11.8 Å². The van der Waals surface area contributed by atoms with E-state index in [9.17, 15) is 4.79 Å². The molecule has 1 N–H and O–H groups in total. The highest BCUT2D eigenvalue weighted by molar-refractivity contribution is 5.78. The van der Waals surface area contributed by atoms with Crippen LogP contribution in [0.2, 0.25) is 0 Å². The summed E-state index contributed by atoms with van der Waals surface area (Å²) < 4.78 is 0. The van der Waals surface area contributed by atoms with E-state index < -0.39 is 6.10 Å². The third-order valence-corrected chi connectivity index (χ3v) is 1.89. The lowest BCUT2D eigenvalue weighted by Gasteiger charge is -2.17. The quantitative estimate of drug-likeness (QED) is 0.623. The molecule has 1 aliphatic heterocycles. The topological polar surface area (TPSA) is 40.5 Å².